The van der Waals surface area contributed by atoms with Crippen molar-refractivity contribution in [3.8, 4) is 0 Å². The minimum Gasteiger partial charge on any atom is -0.383 e. The molecule has 0 aromatic rings. The molecule has 1 aliphatic carbocycles. The Bertz CT molecular complexity index is 253. The molecule has 1 saturated carbocycles. The topological polar surface area (TPSA) is 68.9 Å². The molecule has 0 aromatic heterocycles. The fourth-order valence-corrected chi connectivity index (χ4v) is 2.34. The molecule has 19 heavy (non-hydrogen) atoms. The van der Waals surface area contributed by atoms with Crippen molar-refractivity contribution in [1.82, 2.24) is 5.32 Å². The SMILES string of the molecule is COCC(C)NC(N)=NCCCOC1CCCCC1. The van der Waals surface area contributed by atoms with E-state index in [0.29, 0.717) is 25.2 Å². The highest BCUT2D eigenvalue weighted by Crippen LogP contribution is 2.20. The van der Waals surface area contributed by atoms with E-state index in [1.54, 1.807) is 7.11 Å². The summed E-state index contributed by atoms with van der Waals surface area (Å²) in [7, 11) is 1.67. The quantitative estimate of drug-likeness (QED) is 0.400. The second kappa shape index (κ2) is 10.0. The first kappa shape index (κ1) is 16.2. The van der Waals surface area contributed by atoms with Crippen molar-refractivity contribution in [3.05, 3.63) is 0 Å². The third-order valence-corrected chi connectivity index (χ3v) is 3.30. The zero-order chi connectivity index (χ0) is 13.9. The minimum absolute atomic E-state index is 0.187. The van der Waals surface area contributed by atoms with Gasteiger partial charge in [-0.1, -0.05) is 19.3 Å². The lowest BCUT2D eigenvalue weighted by molar-refractivity contribution is 0.0281. The number of hydrogen-bond donors (Lipinski definition) is 2. The number of rotatable bonds is 8. The first-order valence-electron chi connectivity index (χ1n) is 7.39. The Kier molecular flexibility index (Phi) is 8.58. The fraction of sp³-hybridized carbons (Fsp3) is 0.929. The van der Waals surface area contributed by atoms with E-state index in [1.807, 2.05) is 6.92 Å². The molecule has 1 fully saturated rings. The van der Waals surface area contributed by atoms with Gasteiger partial charge in [-0.15, -0.1) is 0 Å². The maximum absolute atomic E-state index is 5.83. The van der Waals surface area contributed by atoms with Crippen LogP contribution in [0.5, 0.6) is 0 Å². The molecular formula is C14H29N3O2. The van der Waals surface area contributed by atoms with E-state index in [9.17, 15) is 0 Å². The van der Waals surface area contributed by atoms with Crippen LogP contribution < -0.4 is 11.1 Å². The molecular weight excluding hydrogens is 242 g/mol. The highest BCUT2D eigenvalue weighted by Gasteiger charge is 2.12. The molecule has 1 atom stereocenters. The molecule has 0 saturated heterocycles. The van der Waals surface area contributed by atoms with Gasteiger partial charge in [0.2, 0.25) is 0 Å². The third-order valence-electron chi connectivity index (χ3n) is 3.30. The van der Waals surface area contributed by atoms with E-state index in [-0.39, 0.29) is 6.04 Å². The number of ether oxygens (including phenoxy) is 2. The molecule has 0 aromatic carbocycles. The number of aliphatic imine (C=N–C) groups is 1. The van der Waals surface area contributed by atoms with Crippen LogP contribution in [0.2, 0.25) is 0 Å². The van der Waals surface area contributed by atoms with Crippen LogP contribution in [0.3, 0.4) is 0 Å². The van der Waals surface area contributed by atoms with Crippen molar-refractivity contribution in [3.63, 3.8) is 0 Å². The van der Waals surface area contributed by atoms with E-state index in [2.05, 4.69) is 10.3 Å². The number of nitrogens with zero attached hydrogens (tertiary/aromatic N) is 1. The van der Waals surface area contributed by atoms with Crippen LogP contribution in [-0.4, -0.2) is 45.0 Å². The van der Waals surface area contributed by atoms with Gasteiger partial charge in [0.15, 0.2) is 5.96 Å². The number of nitrogens with one attached hydrogen (secondary N) is 1. The van der Waals surface area contributed by atoms with Crippen molar-refractivity contribution in [1.29, 1.82) is 0 Å². The molecule has 0 spiro atoms. The Balaban J connectivity index is 2.01. The summed E-state index contributed by atoms with van der Waals surface area (Å²) < 4.78 is 10.9. The maximum Gasteiger partial charge on any atom is 0.188 e. The Morgan fingerprint density at radius 1 is 1.37 bits per heavy atom. The monoisotopic (exact) mass is 271 g/mol. The van der Waals surface area contributed by atoms with Crippen molar-refractivity contribution in [2.45, 2.75) is 57.6 Å². The van der Waals surface area contributed by atoms with Gasteiger partial charge in [-0.05, 0) is 26.2 Å². The minimum atomic E-state index is 0.187. The summed E-state index contributed by atoms with van der Waals surface area (Å²) in [4.78, 5) is 4.28. The van der Waals surface area contributed by atoms with Crippen LogP contribution in [0.1, 0.15) is 45.4 Å². The van der Waals surface area contributed by atoms with E-state index in [0.717, 1.165) is 13.0 Å². The van der Waals surface area contributed by atoms with E-state index in [4.69, 9.17) is 15.2 Å². The summed E-state index contributed by atoms with van der Waals surface area (Å²) in [6, 6.07) is 0.187. The van der Waals surface area contributed by atoms with Gasteiger partial charge in [0.05, 0.1) is 12.7 Å². The second-order valence-corrected chi connectivity index (χ2v) is 5.25. The molecule has 0 heterocycles. The average Bonchev–Trinajstić information content (AvgIpc) is 2.39. The zero-order valence-corrected chi connectivity index (χ0v) is 12.4. The maximum atomic E-state index is 5.83. The van der Waals surface area contributed by atoms with Gasteiger partial charge >= 0.3 is 0 Å². The number of guanidine groups is 1. The van der Waals surface area contributed by atoms with Crippen LogP contribution in [0.4, 0.5) is 0 Å². The van der Waals surface area contributed by atoms with Gasteiger partial charge in [-0.3, -0.25) is 4.99 Å². The summed E-state index contributed by atoms with van der Waals surface area (Å²) in [6.45, 7) is 4.14. The standard InChI is InChI=1S/C14H29N3O2/c1-12(11-18-2)17-14(15)16-9-6-10-19-13-7-4-3-5-8-13/h12-13H,3-11H2,1-2H3,(H3,15,16,17). The van der Waals surface area contributed by atoms with Crippen molar-refractivity contribution < 1.29 is 9.47 Å². The van der Waals surface area contributed by atoms with Crippen LogP contribution in [0, 0.1) is 0 Å². The molecule has 1 rings (SSSR count). The summed E-state index contributed by atoms with van der Waals surface area (Å²) in [5.74, 6) is 0.488. The van der Waals surface area contributed by atoms with E-state index >= 15 is 0 Å². The smallest absolute Gasteiger partial charge is 0.188 e. The molecule has 1 aliphatic rings. The summed E-state index contributed by atoms with van der Waals surface area (Å²) >= 11 is 0. The molecule has 112 valence electrons. The van der Waals surface area contributed by atoms with Crippen LogP contribution in [0.25, 0.3) is 0 Å². The Labute approximate surface area is 116 Å². The highest BCUT2D eigenvalue weighted by atomic mass is 16.5. The molecule has 5 nitrogen and oxygen atoms in total. The van der Waals surface area contributed by atoms with Gasteiger partial charge in [0.25, 0.3) is 0 Å². The summed E-state index contributed by atoms with van der Waals surface area (Å²) in [5, 5.41) is 3.08. The van der Waals surface area contributed by atoms with Crippen molar-refractivity contribution >= 4 is 5.96 Å². The lowest BCUT2D eigenvalue weighted by atomic mass is 9.98. The van der Waals surface area contributed by atoms with Gasteiger partial charge in [0, 0.05) is 26.3 Å². The molecule has 0 aliphatic heterocycles. The first-order chi connectivity index (χ1) is 9.22. The molecule has 5 heteroatoms. The number of methoxy groups -OCH3 is 1. The lowest BCUT2D eigenvalue weighted by Crippen LogP contribution is -2.40. The summed E-state index contributed by atoms with van der Waals surface area (Å²) in [6.07, 6.45) is 7.86. The molecule has 3 N–H and O–H groups in total. The van der Waals surface area contributed by atoms with Gasteiger partial charge in [0.1, 0.15) is 0 Å². The largest absolute Gasteiger partial charge is 0.383 e. The second-order valence-electron chi connectivity index (χ2n) is 5.25. The molecule has 0 bridgehead atoms. The van der Waals surface area contributed by atoms with Crippen LogP contribution in [0.15, 0.2) is 4.99 Å². The van der Waals surface area contributed by atoms with Gasteiger partial charge in [-0.25, -0.2) is 0 Å². The summed E-state index contributed by atoms with van der Waals surface area (Å²) in [5.41, 5.74) is 5.77. The van der Waals surface area contributed by atoms with E-state index in [1.165, 1.54) is 32.1 Å². The molecule has 0 amide bonds. The van der Waals surface area contributed by atoms with Crippen molar-refractivity contribution in [2.75, 3.05) is 26.9 Å². The Morgan fingerprint density at radius 2 is 2.11 bits per heavy atom. The molecule has 0 radical (unpaired) electrons. The van der Waals surface area contributed by atoms with Crippen LogP contribution >= 0.6 is 0 Å². The van der Waals surface area contributed by atoms with Crippen molar-refractivity contribution in [2.24, 2.45) is 10.7 Å². The lowest BCUT2D eigenvalue weighted by Gasteiger charge is -2.21. The third kappa shape index (κ3) is 8.06. The Morgan fingerprint density at radius 3 is 2.79 bits per heavy atom. The fourth-order valence-electron chi connectivity index (χ4n) is 2.34. The number of nitrogens with two attached hydrogens (primary N) is 1. The predicted octanol–water partition coefficient (Wildman–Crippen LogP) is 1.66. The predicted molar refractivity (Wildman–Crippen MR) is 78.4 cm³/mol. The molecule has 1 unspecified atom stereocenters. The zero-order valence-electron chi connectivity index (χ0n) is 12.4. The first-order valence-corrected chi connectivity index (χ1v) is 7.39. The van der Waals surface area contributed by atoms with Gasteiger partial charge < -0.3 is 20.5 Å². The number of hydrogen-bond acceptors (Lipinski definition) is 3. The average molecular weight is 271 g/mol. The van der Waals surface area contributed by atoms with E-state index < -0.39 is 0 Å². The van der Waals surface area contributed by atoms with Gasteiger partial charge in [-0.2, -0.15) is 0 Å². The normalized spacial score (nSPS) is 19.4. The Hall–Kier alpha value is -0.810. The van der Waals surface area contributed by atoms with Crippen LogP contribution in [-0.2, 0) is 9.47 Å². The highest BCUT2D eigenvalue weighted by molar-refractivity contribution is 5.78.